The van der Waals surface area contributed by atoms with Gasteiger partial charge < -0.3 is 19.6 Å². The molecule has 102 valence electrons. The summed E-state index contributed by atoms with van der Waals surface area (Å²) in [6, 6.07) is 0.317. The van der Waals surface area contributed by atoms with Crippen molar-refractivity contribution in [2.24, 2.45) is 0 Å². The van der Waals surface area contributed by atoms with Crippen LogP contribution in [-0.2, 0) is 9.53 Å². The molecule has 2 heterocycles. The zero-order chi connectivity index (χ0) is 13.1. The van der Waals surface area contributed by atoms with E-state index in [1.807, 2.05) is 4.90 Å². The second-order valence-electron chi connectivity index (χ2n) is 5.00. The number of morpholine rings is 1. The molecule has 2 atom stereocenters. The van der Waals surface area contributed by atoms with Gasteiger partial charge in [-0.05, 0) is 19.8 Å². The lowest BCUT2D eigenvalue weighted by atomic mass is 10.2. The summed E-state index contributed by atoms with van der Waals surface area (Å²) in [7, 11) is 0. The Morgan fingerprint density at radius 3 is 2.78 bits per heavy atom. The number of carboxylic acids is 1. The Labute approximate surface area is 106 Å². The van der Waals surface area contributed by atoms with E-state index in [9.17, 15) is 9.59 Å². The first kappa shape index (κ1) is 13.1. The summed E-state index contributed by atoms with van der Waals surface area (Å²) in [6.07, 6.45) is 1.68. The Morgan fingerprint density at radius 2 is 2.17 bits per heavy atom. The number of likely N-dealkylation sites (tertiary alicyclic amines) is 1. The second-order valence-corrected chi connectivity index (χ2v) is 5.00. The van der Waals surface area contributed by atoms with Crippen LogP contribution >= 0.6 is 0 Å². The molecule has 2 aliphatic heterocycles. The van der Waals surface area contributed by atoms with Crippen LogP contribution in [0, 0.1) is 0 Å². The van der Waals surface area contributed by atoms with Crippen LogP contribution in [0.1, 0.15) is 26.2 Å². The molecule has 0 aromatic carbocycles. The number of ether oxygens (including phenoxy) is 1. The van der Waals surface area contributed by atoms with Gasteiger partial charge in [-0.25, -0.2) is 4.79 Å². The van der Waals surface area contributed by atoms with Crippen molar-refractivity contribution in [2.45, 2.75) is 38.3 Å². The molecular weight excluding hydrogens is 236 g/mol. The van der Waals surface area contributed by atoms with Gasteiger partial charge in [0.15, 0.2) is 0 Å². The Hall–Kier alpha value is -1.30. The third kappa shape index (κ3) is 2.93. The van der Waals surface area contributed by atoms with E-state index in [0.717, 1.165) is 19.4 Å². The number of nitrogens with zero attached hydrogens (tertiary/aromatic N) is 2. The molecule has 6 nitrogen and oxygen atoms in total. The fourth-order valence-electron chi connectivity index (χ4n) is 2.61. The Kier molecular flexibility index (Phi) is 4.06. The molecule has 1 N–H and O–H groups in total. The summed E-state index contributed by atoms with van der Waals surface area (Å²) in [6.45, 7) is 4.22. The highest BCUT2D eigenvalue weighted by Gasteiger charge is 2.32. The quantitative estimate of drug-likeness (QED) is 0.792. The zero-order valence-electron chi connectivity index (χ0n) is 10.7. The minimum atomic E-state index is -0.885. The fourth-order valence-corrected chi connectivity index (χ4v) is 2.61. The van der Waals surface area contributed by atoms with Crippen molar-refractivity contribution >= 4 is 12.0 Å². The smallest absolute Gasteiger partial charge is 0.320 e. The number of carbonyl (C=O) groups is 2. The summed E-state index contributed by atoms with van der Waals surface area (Å²) in [5, 5.41) is 8.75. The molecule has 0 aromatic rings. The van der Waals surface area contributed by atoms with Crippen molar-refractivity contribution < 1.29 is 19.4 Å². The third-order valence-electron chi connectivity index (χ3n) is 3.61. The van der Waals surface area contributed by atoms with Crippen molar-refractivity contribution in [3.63, 3.8) is 0 Å². The molecule has 0 bridgehead atoms. The molecule has 6 heteroatoms. The van der Waals surface area contributed by atoms with E-state index in [1.165, 1.54) is 0 Å². The highest BCUT2D eigenvalue weighted by Crippen LogP contribution is 2.20. The average Bonchev–Trinajstić information content (AvgIpc) is 2.74. The van der Waals surface area contributed by atoms with E-state index in [1.54, 1.807) is 4.90 Å². The Balaban J connectivity index is 1.91. The van der Waals surface area contributed by atoms with Crippen molar-refractivity contribution in [2.75, 3.05) is 26.2 Å². The van der Waals surface area contributed by atoms with Crippen molar-refractivity contribution in [1.82, 2.24) is 9.80 Å². The molecule has 2 unspecified atom stereocenters. The maximum absolute atomic E-state index is 12.3. The molecule has 0 radical (unpaired) electrons. The number of aliphatic carboxylic acids is 1. The van der Waals surface area contributed by atoms with E-state index >= 15 is 0 Å². The van der Waals surface area contributed by atoms with Gasteiger partial charge in [-0.2, -0.15) is 0 Å². The molecule has 2 rings (SSSR count). The third-order valence-corrected chi connectivity index (χ3v) is 3.61. The highest BCUT2D eigenvalue weighted by molar-refractivity contribution is 5.75. The van der Waals surface area contributed by atoms with Gasteiger partial charge >= 0.3 is 12.0 Å². The lowest BCUT2D eigenvalue weighted by molar-refractivity contribution is -0.141. The molecule has 2 fully saturated rings. The van der Waals surface area contributed by atoms with Crippen LogP contribution in [0.15, 0.2) is 0 Å². The summed E-state index contributed by atoms with van der Waals surface area (Å²) in [4.78, 5) is 26.5. The van der Waals surface area contributed by atoms with Gasteiger partial charge in [-0.3, -0.25) is 4.79 Å². The number of carboxylic acid groups (broad SMARTS) is 1. The fraction of sp³-hybridized carbons (Fsp3) is 0.833. The van der Waals surface area contributed by atoms with Gasteiger partial charge in [0.25, 0.3) is 0 Å². The van der Waals surface area contributed by atoms with Gasteiger partial charge in [-0.15, -0.1) is 0 Å². The summed E-state index contributed by atoms with van der Waals surface area (Å²) < 4.78 is 5.37. The molecule has 2 saturated heterocycles. The lowest BCUT2D eigenvalue weighted by Crippen LogP contribution is -2.52. The van der Waals surface area contributed by atoms with Crippen molar-refractivity contribution in [3.05, 3.63) is 0 Å². The standard InChI is InChI=1S/C12H20N2O4/c1-9-3-2-4-14(9)12(17)13-5-6-18-10(8-13)7-11(15)16/h9-10H,2-8H2,1H3,(H,15,16). The van der Waals surface area contributed by atoms with Crippen LogP contribution in [0.4, 0.5) is 4.79 Å². The number of carbonyl (C=O) groups excluding carboxylic acids is 1. The van der Waals surface area contributed by atoms with Crippen molar-refractivity contribution in [1.29, 1.82) is 0 Å². The van der Waals surface area contributed by atoms with Crippen LogP contribution in [0.2, 0.25) is 0 Å². The maximum atomic E-state index is 12.3. The van der Waals surface area contributed by atoms with Crippen LogP contribution in [0.3, 0.4) is 0 Å². The number of urea groups is 1. The van der Waals surface area contributed by atoms with E-state index in [2.05, 4.69) is 6.92 Å². The van der Waals surface area contributed by atoms with Gasteiger partial charge in [0, 0.05) is 25.7 Å². The van der Waals surface area contributed by atoms with Gasteiger partial charge in [0.2, 0.25) is 0 Å². The summed E-state index contributed by atoms with van der Waals surface area (Å²) in [5.41, 5.74) is 0. The maximum Gasteiger partial charge on any atom is 0.320 e. The van der Waals surface area contributed by atoms with Gasteiger partial charge in [-0.1, -0.05) is 0 Å². The Morgan fingerprint density at radius 1 is 1.39 bits per heavy atom. The van der Waals surface area contributed by atoms with Crippen LogP contribution in [0.5, 0.6) is 0 Å². The molecule has 2 aliphatic rings. The molecule has 18 heavy (non-hydrogen) atoms. The first-order chi connectivity index (χ1) is 8.58. The Bertz CT molecular complexity index is 334. The number of amides is 2. The topological polar surface area (TPSA) is 70.1 Å². The number of hydrogen-bond donors (Lipinski definition) is 1. The van der Waals surface area contributed by atoms with Crippen LogP contribution in [-0.4, -0.2) is 65.3 Å². The molecular formula is C12H20N2O4. The van der Waals surface area contributed by atoms with E-state index in [0.29, 0.717) is 25.7 Å². The number of rotatable bonds is 2. The van der Waals surface area contributed by atoms with E-state index < -0.39 is 5.97 Å². The SMILES string of the molecule is CC1CCCN1C(=O)N1CCOC(CC(=O)O)C1. The average molecular weight is 256 g/mol. The summed E-state index contributed by atoms with van der Waals surface area (Å²) in [5.74, 6) is -0.885. The molecule has 0 saturated carbocycles. The molecule has 0 aromatic heterocycles. The van der Waals surface area contributed by atoms with Gasteiger partial charge in [0.1, 0.15) is 0 Å². The van der Waals surface area contributed by atoms with Crippen LogP contribution in [0.25, 0.3) is 0 Å². The zero-order valence-corrected chi connectivity index (χ0v) is 10.7. The first-order valence-electron chi connectivity index (χ1n) is 6.47. The lowest BCUT2D eigenvalue weighted by Gasteiger charge is -2.36. The minimum absolute atomic E-state index is 0.0266. The molecule has 0 aliphatic carbocycles. The predicted octanol–water partition coefficient (Wildman–Crippen LogP) is 0.766. The minimum Gasteiger partial charge on any atom is -0.481 e. The van der Waals surface area contributed by atoms with Crippen molar-refractivity contribution in [3.8, 4) is 0 Å². The number of hydrogen-bond acceptors (Lipinski definition) is 3. The second kappa shape index (κ2) is 5.56. The van der Waals surface area contributed by atoms with E-state index in [-0.39, 0.29) is 18.6 Å². The van der Waals surface area contributed by atoms with E-state index in [4.69, 9.17) is 9.84 Å². The largest absolute Gasteiger partial charge is 0.481 e. The summed E-state index contributed by atoms with van der Waals surface area (Å²) >= 11 is 0. The van der Waals surface area contributed by atoms with Gasteiger partial charge in [0.05, 0.1) is 19.1 Å². The molecule has 2 amide bonds. The molecule has 0 spiro atoms. The highest BCUT2D eigenvalue weighted by atomic mass is 16.5. The first-order valence-corrected chi connectivity index (χ1v) is 6.47. The monoisotopic (exact) mass is 256 g/mol. The van der Waals surface area contributed by atoms with Crippen LogP contribution < -0.4 is 0 Å². The predicted molar refractivity (Wildman–Crippen MR) is 64.4 cm³/mol. The normalized spacial score (nSPS) is 28.5.